The molecule has 41 heavy (non-hydrogen) atoms. The minimum Gasteiger partial charge on any atom is -0.493 e. The van der Waals surface area contributed by atoms with Crippen molar-refractivity contribution in [3.8, 4) is 28.4 Å². The number of fused-ring (bicyclic) bond motifs is 3. The third kappa shape index (κ3) is 7.15. The second-order valence-electron chi connectivity index (χ2n) is 9.65. The minimum absolute atomic E-state index is 0.0396. The van der Waals surface area contributed by atoms with Crippen molar-refractivity contribution in [1.82, 2.24) is 15.6 Å². The van der Waals surface area contributed by atoms with Crippen LogP contribution < -0.4 is 35.6 Å². The van der Waals surface area contributed by atoms with Crippen LogP contribution in [-0.4, -0.2) is 51.2 Å². The molecule has 1 aliphatic carbocycles. The second kappa shape index (κ2) is 14.0. The standard InChI is InChI=1S/C30H36N4O6S/c1-18(35)34-22-9-7-19-16-25(38-2)29(39-3)30(40-4)28(19)20-8-10-23(24(36)17-21(20)22)31-12-5-6-26(37)32-13-11-27-33-14-15-41-27/h8,10,14-17,22H,5-7,9,11-13H2,1-4H3,(H,31,36)(H,32,37)(H,34,35)/t22-/m0/s1. The Balaban J connectivity index is 1.57. The second-order valence-corrected chi connectivity index (χ2v) is 10.6. The van der Waals surface area contributed by atoms with Gasteiger partial charge < -0.3 is 30.2 Å². The normalized spacial score (nSPS) is 13.7. The molecular formula is C30H36N4O6S. The molecule has 3 aromatic rings. The summed E-state index contributed by atoms with van der Waals surface area (Å²) in [5.74, 6) is 1.27. The van der Waals surface area contributed by atoms with E-state index in [0.717, 1.165) is 21.7 Å². The monoisotopic (exact) mass is 580 g/mol. The molecule has 2 amide bonds. The number of rotatable bonds is 12. The zero-order valence-corrected chi connectivity index (χ0v) is 24.6. The van der Waals surface area contributed by atoms with Crippen molar-refractivity contribution < 1.29 is 23.8 Å². The summed E-state index contributed by atoms with van der Waals surface area (Å²) in [5.41, 5.74) is 3.41. The van der Waals surface area contributed by atoms with Crippen molar-refractivity contribution in [3.63, 3.8) is 0 Å². The number of hydrogen-bond acceptors (Lipinski definition) is 9. The Morgan fingerprint density at radius 3 is 2.56 bits per heavy atom. The minimum atomic E-state index is -0.377. The summed E-state index contributed by atoms with van der Waals surface area (Å²) < 4.78 is 17.0. The van der Waals surface area contributed by atoms with Crippen LogP contribution in [0, 0.1) is 0 Å². The average Bonchev–Trinajstić information content (AvgIpc) is 3.37. The number of carbonyl (C=O) groups excluding carboxylic acids is 2. The summed E-state index contributed by atoms with van der Waals surface area (Å²) in [7, 11) is 4.69. The van der Waals surface area contributed by atoms with E-state index >= 15 is 0 Å². The molecule has 0 unspecified atom stereocenters. The maximum atomic E-state index is 13.4. The maximum absolute atomic E-state index is 13.4. The lowest BCUT2D eigenvalue weighted by molar-refractivity contribution is -0.121. The largest absolute Gasteiger partial charge is 0.493 e. The van der Waals surface area contributed by atoms with Crippen LogP contribution in [-0.2, 0) is 22.4 Å². The van der Waals surface area contributed by atoms with Gasteiger partial charge in [0.1, 0.15) is 0 Å². The molecule has 11 heteroatoms. The molecule has 0 radical (unpaired) electrons. The van der Waals surface area contributed by atoms with Gasteiger partial charge in [0, 0.05) is 50.0 Å². The SMILES string of the molecule is COc1cc2c(c(OC)c1OC)-c1ccc(NCCCC(=O)NCCc3nccs3)c(=O)cc1[C@@H](NC(C)=O)CC2. The van der Waals surface area contributed by atoms with Crippen molar-refractivity contribution in [2.24, 2.45) is 0 Å². The van der Waals surface area contributed by atoms with Crippen LogP contribution in [0.1, 0.15) is 48.4 Å². The third-order valence-electron chi connectivity index (χ3n) is 6.96. The first-order valence-corrected chi connectivity index (χ1v) is 14.4. The molecule has 1 atom stereocenters. The highest BCUT2D eigenvalue weighted by Gasteiger charge is 2.29. The molecule has 1 heterocycles. The highest BCUT2D eigenvalue weighted by atomic mass is 32.1. The molecule has 0 bridgehead atoms. The summed E-state index contributed by atoms with van der Waals surface area (Å²) in [6, 6.07) is 6.73. The van der Waals surface area contributed by atoms with Crippen molar-refractivity contribution in [1.29, 1.82) is 0 Å². The fourth-order valence-corrected chi connectivity index (χ4v) is 5.72. The van der Waals surface area contributed by atoms with Crippen molar-refractivity contribution in [2.45, 2.75) is 45.1 Å². The lowest BCUT2D eigenvalue weighted by atomic mass is 9.95. The fraction of sp³-hybridized carbons (Fsp3) is 0.400. The van der Waals surface area contributed by atoms with Crippen LogP contribution in [0.25, 0.3) is 11.1 Å². The number of nitrogens with one attached hydrogen (secondary N) is 3. The number of benzene rings is 1. The highest BCUT2D eigenvalue weighted by molar-refractivity contribution is 7.09. The summed E-state index contributed by atoms with van der Waals surface area (Å²) in [4.78, 5) is 41.9. The molecule has 2 aromatic carbocycles. The predicted octanol–water partition coefficient (Wildman–Crippen LogP) is 3.87. The Hall–Kier alpha value is -4.12. The van der Waals surface area contributed by atoms with Gasteiger partial charge in [-0.25, -0.2) is 4.98 Å². The molecule has 1 aliphatic rings. The van der Waals surface area contributed by atoms with E-state index in [4.69, 9.17) is 14.2 Å². The lowest BCUT2D eigenvalue weighted by Crippen LogP contribution is -2.26. The first-order chi connectivity index (χ1) is 19.9. The number of aromatic nitrogens is 1. The van der Waals surface area contributed by atoms with E-state index < -0.39 is 0 Å². The molecule has 1 aromatic heterocycles. The van der Waals surface area contributed by atoms with E-state index in [0.29, 0.717) is 73.7 Å². The Morgan fingerprint density at radius 2 is 1.88 bits per heavy atom. The van der Waals surface area contributed by atoms with Crippen LogP contribution in [0.5, 0.6) is 17.2 Å². The van der Waals surface area contributed by atoms with E-state index in [2.05, 4.69) is 20.9 Å². The maximum Gasteiger partial charge on any atom is 0.220 e. The fourth-order valence-electron chi connectivity index (χ4n) is 5.10. The number of nitrogens with zero attached hydrogens (tertiary/aromatic N) is 1. The van der Waals surface area contributed by atoms with E-state index in [1.807, 2.05) is 17.5 Å². The van der Waals surface area contributed by atoms with Gasteiger partial charge in [0.15, 0.2) is 11.5 Å². The van der Waals surface area contributed by atoms with Gasteiger partial charge in [-0.3, -0.25) is 14.4 Å². The summed E-state index contributed by atoms with van der Waals surface area (Å²) in [5, 5.41) is 12.0. The van der Waals surface area contributed by atoms with E-state index in [1.165, 1.54) is 6.92 Å². The van der Waals surface area contributed by atoms with Gasteiger partial charge in [-0.2, -0.15) is 0 Å². The molecule has 0 fully saturated rings. The molecule has 0 saturated carbocycles. The summed E-state index contributed by atoms with van der Waals surface area (Å²) in [6.45, 7) is 2.46. The van der Waals surface area contributed by atoms with Gasteiger partial charge in [0.25, 0.3) is 0 Å². The number of amides is 2. The van der Waals surface area contributed by atoms with E-state index in [-0.39, 0.29) is 23.3 Å². The van der Waals surface area contributed by atoms with Crippen LogP contribution >= 0.6 is 11.3 Å². The van der Waals surface area contributed by atoms with Crippen molar-refractivity contribution in [2.75, 3.05) is 39.7 Å². The van der Waals surface area contributed by atoms with Crippen LogP contribution in [0.4, 0.5) is 5.69 Å². The first kappa shape index (κ1) is 29.9. The molecule has 4 rings (SSSR count). The van der Waals surface area contributed by atoms with Gasteiger partial charge in [-0.15, -0.1) is 11.3 Å². The van der Waals surface area contributed by atoms with Crippen LogP contribution in [0.3, 0.4) is 0 Å². The van der Waals surface area contributed by atoms with Crippen molar-refractivity contribution >= 4 is 28.8 Å². The summed E-state index contributed by atoms with van der Waals surface area (Å²) >= 11 is 1.57. The zero-order valence-electron chi connectivity index (χ0n) is 23.8. The van der Waals surface area contributed by atoms with Gasteiger partial charge in [0.05, 0.1) is 38.1 Å². The molecule has 218 valence electrons. The number of thiazole rings is 1. The topological polar surface area (TPSA) is 128 Å². The highest BCUT2D eigenvalue weighted by Crippen LogP contribution is 2.50. The molecule has 3 N–H and O–H groups in total. The summed E-state index contributed by atoms with van der Waals surface area (Å²) in [6.07, 6.45) is 4.57. The van der Waals surface area contributed by atoms with Gasteiger partial charge in [-0.1, -0.05) is 6.07 Å². The third-order valence-corrected chi connectivity index (χ3v) is 7.80. The number of aryl methyl sites for hydroxylation is 1. The number of methoxy groups -OCH3 is 3. The molecule has 10 nitrogen and oxygen atoms in total. The van der Waals surface area contributed by atoms with Gasteiger partial charge in [-0.05, 0) is 54.2 Å². The number of carbonyl (C=O) groups is 2. The van der Waals surface area contributed by atoms with Gasteiger partial charge >= 0.3 is 0 Å². The number of hydrogen-bond donors (Lipinski definition) is 3. The van der Waals surface area contributed by atoms with Crippen LogP contribution in [0.15, 0.2) is 40.6 Å². The quantitative estimate of drug-likeness (QED) is 0.276. The molecule has 0 saturated heterocycles. The Morgan fingerprint density at radius 1 is 1.07 bits per heavy atom. The predicted molar refractivity (Wildman–Crippen MR) is 159 cm³/mol. The number of anilines is 1. The lowest BCUT2D eigenvalue weighted by Gasteiger charge is -2.19. The molecular weight excluding hydrogens is 544 g/mol. The van der Waals surface area contributed by atoms with Crippen molar-refractivity contribution in [3.05, 3.63) is 62.2 Å². The van der Waals surface area contributed by atoms with Crippen LogP contribution in [0.2, 0.25) is 0 Å². The average molecular weight is 581 g/mol. The van der Waals surface area contributed by atoms with Gasteiger partial charge in [0.2, 0.25) is 23.0 Å². The van der Waals surface area contributed by atoms with E-state index in [1.54, 1.807) is 51.0 Å². The zero-order chi connectivity index (χ0) is 29.4. The number of ether oxygens (including phenoxy) is 3. The Kier molecular flexibility index (Phi) is 10.2. The Labute approximate surface area is 243 Å². The molecule has 0 spiro atoms. The smallest absolute Gasteiger partial charge is 0.220 e. The Bertz CT molecular complexity index is 1440. The molecule has 0 aliphatic heterocycles. The van der Waals surface area contributed by atoms with E-state index in [9.17, 15) is 14.4 Å². The first-order valence-electron chi connectivity index (χ1n) is 13.5.